The molecule has 0 radical (unpaired) electrons. The molecule has 0 amide bonds. The third-order valence-corrected chi connectivity index (χ3v) is 3.29. The van der Waals surface area contributed by atoms with E-state index in [1.54, 1.807) is 15.1 Å². The Hall–Kier alpha value is -0.200. The lowest BCUT2D eigenvalue weighted by atomic mass is 10.3. The average Bonchev–Trinajstić information content (AvgIpc) is 2.15. The smallest absolute Gasteiger partial charge is 0.107 e. The first-order chi connectivity index (χ1) is 5.86. The quantitative estimate of drug-likeness (QED) is 0.839. The zero-order valence-corrected chi connectivity index (χ0v) is 9.43. The van der Waals surface area contributed by atoms with E-state index in [1.165, 1.54) is 4.90 Å². The normalized spacial score (nSPS) is 10.5. The van der Waals surface area contributed by atoms with Crippen molar-refractivity contribution in [2.75, 3.05) is 5.32 Å². The van der Waals surface area contributed by atoms with Crippen LogP contribution in [0, 0.1) is 0 Å². The van der Waals surface area contributed by atoms with Gasteiger partial charge in [-0.15, -0.1) is 0 Å². The van der Waals surface area contributed by atoms with Crippen molar-refractivity contribution in [2.24, 2.45) is 0 Å². The molecule has 0 atom stereocenters. The van der Waals surface area contributed by atoms with Crippen LogP contribution in [0.15, 0.2) is 41.6 Å². The molecule has 0 saturated heterocycles. The SMILES string of the molecule is [NH3+]/C=C\Nc1ccc(SI)cc1. The lowest BCUT2D eigenvalue weighted by molar-refractivity contribution is -0.274. The molecule has 0 aliphatic carbocycles. The van der Waals surface area contributed by atoms with Crippen LogP contribution < -0.4 is 11.1 Å². The van der Waals surface area contributed by atoms with E-state index >= 15 is 0 Å². The Balaban J connectivity index is 2.64. The Kier molecular flexibility index (Phi) is 4.49. The first-order valence-electron chi connectivity index (χ1n) is 3.46. The number of nitrogens with one attached hydrogen (secondary N) is 1. The Morgan fingerprint density at radius 2 is 2.00 bits per heavy atom. The van der Waals surface area contributed by atoms with E-state index in [1.807, 2.05) is 18.3 Å². The molecule has 0 saturated carbocycles. The number of benzene rings is 1. The summed E-state index contributed by atoms with van der Waals surface area (Å²) in [5.41, 5.74) is 4.67. The van der Waals surface area contributed by atoms with Crippen LogP contribution in [0.1, 0.15) is 0 Å². The summed E-state index contributed by atoms with van der Waals surface area (Å²) in [5.74, 6) is 0. The summed E-state index contributed by atoms with van der Waals surface area (Å²) in [7, 11) is 1.71. The van der Waals surface area contributed by atoms with Gasteiger partial charge in [0.05, 0.1) is 6.20 Å². The molecule has 0 fully saturated rings. The van der Waals surface area contributed by atoms with Gasteiger partial charge >= 0.3 is 0 Å². The standard InChI is InChI=1S/C8H9IN2S/c9-12-8-3-1-7(2-4-8)11-6-5-10/h1-6,11H,10H2/p+1/b6-5-. The second-order valence-corrected chi connectivity index (χ2v) is 4.10. The summed E-state index contributed by atoms with van der Waals surface area (Å²) in [5, 5.41) is 3.09. The van der Waals surface area contributed by atoms with Gasteiger partial charge in [-0.05, 0) is 24.3 Å². The topological polar surface area (TPSA) is 39.7 Å². The van der Waals surface area contributed by atoms with Crippen LogP contribution in [0.25, 0.3) is 0 Å². The molecule has 0 bridgehead atoms. The maximum Gasteiger partial charge on any atom is 0.107 e. The van der Waals surface area contributed by atoms with Gasteiger partial charge in [0, 0.05) is 31.8 Å². The van der Waals surface area contributed by atoms with Gasteiger partial charge in [-0.3, -0.25) is 0 Å². The maximum absolute atomic E-state index is 3.59. The van der Waals surface area contributed by atoms with Crippen molar-refractivity contribution in [1.29, 1.82) is 0 Å². The summed E-state index contributed by atoms with van der Waals surface area (Å²) in [6, 6.07) is 8.24. The fourth-order valence-electron chi connectivity index (χ4n) is 0.758. The molecule has 0 heterocycles. The molecule has 4 heteroatoms. The second-order valence-electron chi connectivity index (χ2n) is 2.15. The van der Waals surface area contributed by atoms with Crippen molar-refractivity contribution in [3.8, 4) is 0 Å². The highest BCUT2D eigenvalue weighted by atomic mass is 127. The predicted molar refractivity (Wildman–Crippen MR) is 62.0 cm³/mol. The van der Waals surface area contributed by atoms with E-state index in [4.69, 9.17) is 0 Å². The number of quaternary nitrogens is 1. The zero-order valence-electron chi connectivity index (χ0n) is 6.46. The molecule has 0 spiro atoms. The van der Waals surface area contributed by atoms with Crippen molar-refractivity contribution in [2.45, 2.75) is 4.90 Å². The maximum atomic E-state index is 3.59. The van der Waals surface area contributed by atoms with E-state index in [2.05, 4.69) is 44.4 Å². The fourth-order valence-corrected chi connectivity index (χ4v) is 1.88. The van der Waals surface area contributed by atoms with Crippen LogP contribution >= 0.6 is 30.1 Å². The van der Waals surface area contributed by atoms with Crippen molar-refractivity contribution in [3.05, 3.63) is 36.7 Å². The largest absolute Gasteiger partial charge is 0.357 e. The fraction of sp³-hybridized carbons (Fsp3) is 0. The molecule has 0 aromatic heterocycles. The summed E-state index contributed by atoms with van der Waals surface area (Å²) in [4.78, 5) is 1.26. The first kappa shape index (κ1) is 9.88. The van der Waals surface area contributed by atoms with E-state index in [0.717, 1.165) is 5.69 Å². The van der Waals surface area contributed by atoms with Crippen molar-refractivity contribution in [3.63, 3.8) is 0 Å². The van der Waals surface area contributed by atoms with E-state index < -0.39 is 0 Å². The van der Waals surface area contributed by atoms with Crippen LogP contribution in [0.2, 0.25) is 0 Å². The van der Waals surface area contributed by atoms with Crippen LogP contribution in [0.4, 0.5) is 5.69 Å². The minimum absolute atomic E-state index is 1.09. The van der Waals surface area contributed by atoms with Crippen molar-refractivity contribution < 1.29 is 5.73 Å². The molecular weight excluding hydrogens is 283 g/mol. The van der Waals surface area contributed by atoms with Crippen LogP contribution in [-0.4, -0.2) is 0 Å². The summed E-state index contributed by atoms with van der Waals surface area (Å²) < 4.78 is 0. The van der Waals surface area contributed by atoms with Crippen LogP contribution in [0.3, 0.4) is 0 Å². The highest BCUT2D eigenvalue weighted by molar-refractivity contribution is 14.2. The van der Waals surface area contributed by atoms with Gasteiger partial charge in [0.1, 0.15) is 6.20 Å². The number of hydrogen-bond donors (Lipinski definition) is 2. The molecule has 1 aromatic carbocycles. The minimum Gasteiger partial charge on any atom is -0.357 e. The molecule has 0 aliphatic heterocycles. The molecule has 2 nitrogen and oxygen atoms in total. The lowest BCUT2D eigenvalue weighted by Crippen LogP contribution is -2.39. The van der Waals surface area contributed by atoms with E-state index in [-0.39, 0.29) is 0 Å². The van der Waals surface area contributed by atoms with Gasteiger partial charge in [0.2, 0.25) is 0 Å². The number of halogens is 1. The van der Waals surface area contributed by atoms with E-state index in [9.17, 15) is 0 Å². The van der Waals surface area contributed by atoms with Gasteiger partial charge in [-0.1, -0.05) is 8.93 Å². The monoisotopic (exact) mass is 293 g/mol. The molecule has 0 aliphatic rings. The van der Waals surface area contributed by atoms with Gasteiger partial charge in [0.15, 0.2) is 0 Å². The predicted octanol–water partition coefficient (Wildman–Crippen LogP) is 2.25. The summed E-state index contributed by atoms with van der Waals surface area (Å²) in [6.45, 7) is 0. The first-order valence-corrected chi connectivity index (χ1v) is 6.82. The van der Waals surface area contributed by atoms with Gasteiger partial charge in [0.25, 0.3) is 0 Å². The third-order valence-electron chi connectivity index (χ3n) is 1.31. The highest BCUT2D eigenvalue weighted by Crippen LogP contribution is 2.25. The average molecular weight is 293 g/mol. The third kappa shape index (κ3) is 3.04. The van der Waals surface area contributed by atoms with Gasteiger partial charge < -0.3 is 11.1 Å². The van der Waals surface area contributed by atoms with E-state index in [0.29, 0.717) is 0 Å². The van der Waals surface area contributed by atoms with Crippen LogP contribution in [0.5, 0.6) is 0 Å². The Morgan fingerprint density at radius 1 is 1.33 bits per heavy atom. The number of rotatable bonds is 3. The summed E-state index contributed by atoms with van der Waals surface area (Å²) >= 11 is 2.27. The molecular formula is C8H10IN2S+. The lowest BCUT2D eigenvalue weighted by Gasteiger charge is -1.99. The minimum atomic E-state index is 1.09. The highest BCUT2D eigenvalue weighted by Gasteiger charge is 1.90. The zero-order chi connectivity index (χ0) is 8.81. The van der Waals surface area contributed by atoms with Crippen molar-refractivity contribution in [1.82, 2.24) is 0 Å². The summed E-state index contributed by atoms with van der Waals surface area (Å²) in [6.07, 6.45) is 3.53. The molecule has 12 heavy (non-hydrogen) atoms. The molecule has 1 rings (SSSR count). The molecule has 1 aromatic rings. The Bertz CT molecular complexity index is 258. The molecule has 4 N–H and O–H groups in total. The Labute approximate surface area is 88.2 Å². The number of anilines is 1. The molecule has 0 unspecified atom stereocenters. The molecule has 64 valence electrons. The van der Waals surface area contributed by atoms with Crippen LogP contribution in [-0.2, 0) is 0 Å². The van der Waals surface area contributed by atoms with Gasteiger partial charge in [-0.2, -0.15) is 0 Å². The Morgan fingerprint density at radius 3 is 2.50 bits per heavy atom. The van der Waals surface area contributed by atoms with Crippen molar-refractivity contribution >= 4 is 35.8 Å². The second kappa shape index (κ2) is 5.45. The number of hydrogen-bond acceptors (Lipinski definition) is 2. The van der Waals surface area contributed by atoms with Gasteiger partial charge in [-0.25, -0.2) is 0 Å².